The Morgan fingerprint density at radius 2 is 1.00 bits per heavy atom. The number of ether oxygens (including phenoxy) is 2. The topological polar surface area (TPSA) is 18.5 Å². The minimum absolute atomic E-state index is 0.0340. The smallest absolute Gasteiger partial charge is 0.157 e. The maximum Gasteiger partial charge on any atom is 0.157 e. The number of rotatable bonds is 26. The van der Waals surface area contributed by atoms with Crippen LogP contribution in [0.1, 0.15) is 142 Å². The molecule has 2 nitrogen and oxygen atoms in total. The Balaban J connectivity index is 3.75. The zero-order valence-electron chi connectivity index (χ0n) is 21.2. The highest BCUT2D eigenvalue weighted by atomic mass is 127. The highest BCUT2D eigenvalue weighted by molar-refractivity contribution is 14.1. The second-order valence-corrected chi connectivity index (χ2v) is 10.1. The number of halogens is 1. The molecule has 3 heteroatoms. The van der Waals surface area contributed by atoms with Crippen molar-refractivity contribution >= 4 is 22.6 Å². The van der Waals surface area contributed by atoms with E-state index in [1.807, 2.05) is 0 Å². The fourth-order valence-corrected chi connectivity index (χ4v) is 4.17. The SMILES string of the molecule is CCCCCCCOC(CCCCCCCCC/C=C\CCI)OCCCCCCC. The summed E-state index contributed by atoms with van der Waals surface area (Å²) in [6.45, 7) is 6.28. The second-order valence-electron chi connectivity index (χ2n) is 9.00. The molecule has 0 aromatic heterocycles. The predicted octanol–water partition coefficient (Wildman–Crippen LogP) is 10.2. The van der Waals surface area contributed by atoms with E-state index in [9.17, 15) is 0 Å². The van der Waals surface area contributed by atoms with Gasteiger partial charge in [-0.3, -0.25) is 0 Å². The number of alkyl halides is 1. The third-order valence-electron chi connectivity index (χ3n) is 5.86. The van der Waals surface area contributed by atoms with Crippen molar-refractivity contribution in [3.8, 4) is 0 Å². The maximum absolute atomic E-state index is 6.12. The lowest BCUT2D eigenvalue weighted by Crippen LogP contribution is -2.19. The zero-order valence-corrected chi connectivity index (χ0v) is 23.3. The lowest BCUT2D eigenvalue weighted by Gasteiger charge is -2.19. The molecule has 0 atom stereocenters. The normalized spacial score (nSPS) is 11.9. The summed E-state index contributed by atoms with van der Waals surface area (Å²) in [6.07, 6.45) is 30.7. The fraction of sp³-hybridized carbons (Fsp3) is 0.929. The van der Waals surface area contributed by atoms with E-state index in [-0.39, 0.29) is 6.29 Å². The summed E-state index contributed by atoms with van der Waals surface area (Å²) in [7, 11) is 0. The van der Waals surface area contributed by atoms with Crippen LogP contribution in [0, 0.1) is 0 Å². The van der Waals surface area contributed by atoms with Crippen LogP contribution >= 0.6 is 22.6 Å². The van der Waals surface area contributed by atoms with Gasteiger partial charge in [0.25, 0.3) is 0 Å². The molecular formula is C28H55IO2. The minimum Gasteiger partial charge on any atom is -0.353 e. The third-order valence-corrected chi connectivity index (χ3v) is 6.48. The molecule has 186 valence electrons. The molecule has 0 saturated heterocycles. The van der Waals surface area contributed by atoms with Gasteiger partial charge in [-0.05, 0) is 44.9 Å². The van der Waals surface area contributed by atoms with Gasteiger partial charge < -0.3 is 9.47 Å². The lowest BCUT2D eigenvalue weighted by atomic mass is 10.1. The van der Waals surface area contributed by atoms with Gasteiger partial charge in [0.15, 0.2) is 6.29 Å². The quantitative estimate of drug-likeness (QED) is 0.0351. The van der Waals surface area contributed by atoms with Crippen molar-refractivity contribution in [2.75, 3.05) is 17.6 Å². The summed E-state index contributed by atoms with van der Waals surface area (Å²) in [4.78, 5) is 0. The molecule has 0 aliphatic rings. The van der Waals surface area contributed by atoms with Gasteiger partial charge in [0.05, 0.1) is 0 Å². The Kier molecular flexibility index (Phi) is 28.8. The first-order chi connectivity index (χ1) is 15.3. The van der Waals surface area contributed by atoms with Crippen LogP contribution in [0.5, 0.6) is 0 Å². The van der Waals surface area contributed by atoms with Crippen molar-refractivity contribution in [3.63, 3.8) is 0 Å². The number of hydrogen-bond donors (Lipinski definition) is 0. The number of allylic oxidation sites excluding steroid dienone is 2. The van der Waals surface area contributed by atoms with E-state index < -0.39 is 0 Å². The van der Waals surface area contributed by atoms with E-state index in [2.05, 4.69) is 48.6 Å². The van der Waals surface area contributed by atoms with Gasteiger partial charge in [-0.2, -0.15) is 0 Å². The van der Waals surface area contributed by atoms with Crippen molar-refractivity contribution in [1.29, 1.82) is 0 Å². The van der Waals surface area contributed by atoms with Crippen molar-refractivity contribution in [2.45, 2.75) is 149 Å². The second kappa shape index (κ2) is 28.4. The van der Waals surface area contributed by atoms with Gasteiger partial charge in [0.2, 0.25) is 0 Å². The van der Waals surface area contributed by atoms with Crippen molar-refractivity contribution < 1.29 is 9.47 Å². The van der Waals surface area contributed by atoms with E-state index in [0.29, 0.717) is 0 Å². The summed E-state index contributed by atoms with van der Waals surface area (Å²) in [6, 6.07) is 0. The van der Waals surface area contributed by atoms with Gasteiger partial charge in [0, 0.05) is 17.6 Å². The first-order valence-electron chi connectivity index (χ1n) is 13.8. The van der Waals surface area contributed by atoms with Crippen molar-refractivity contribution in [3.05, 3.63) is 12.2 Å². The van der Waals surface area contributed by atoms with E-state index in [1.54, 1.807) is 0 Å². The van der Waals surface area contributed by atoms with Crippen LogP contribution in [0.4, 0.5) is 0 Å². The summed E-state index contributed by atoms with van der Waals surface area (Å²) < 4.78 is 13.5. The van der Waals surface area contributed by atoms with Crippen LogP contribution in [0.15, 0.2) is 12.2 Å². The van der Waals surface area contributed by atoms with Crippen molar-refractivity contribution in [1.82, 2.24) is 0 Å². The Labute approximate surface area is 209 Å². The van der Waals surface area contributed by atoms with E-state index in [0.717, 1.165) is 19.6 Å². The van der Waals surface area contributed by atoms with Crippen LogP contribution in [-0.4, -0.2) is 23.9 Å². The largest absolute Gasteiger partial charge is 0.353 e. The lowest BCUT2D eigenvalue weighted by molar-refractivity contribution is -0.148. The van der Waals surface area contributed by atoms with Gasteiger partial charge >= 0.3 is 0 Å². The molecular weight excluding hydrogens is 495 g/mol. The number of hydrogen-bond acceptors (Lipinski definition) is 2. The predicted molar refractivity (Wildman–Crippen MR) is 147 cm³/mol. The van der Waals surface area contributed by atoms with Crippen molar-refractivity contribution in [2.24, 2.45) is 0 Å². The first-order valence-corrected chi connectivity index (χ1v) is 15.3. The number of unbranched alkanes of at least 4 members (excludes halogenated alkanes) is 15. The Hall–Kier alpha value is 0.390. The zero-order chi connectivity index (χ0) is 22.7. The molecule has 0 aromatic carbocycles. The summed E-state index contributed by atoms with van der Waals surface area (Å²) in [5.41, 5.74) is 0. The first kappa shape index (κ1) is 31.4. The van der Waals surface area contributed by atoms with E-state index >= 15 is 0 Å². The van der Waals surface area contributed by atoms with Crippen LogP contribution in [0.25, 0.3) is 0 Å². The fourth-order valence-electron chi connectivity index (χ4n) is 3.81. The Morgan fingerprint density at radius 1 is 0.548 bits per heavy atom. The van der Waals surface area contributed by atoms with E-state index in [1.165, 1.54) is 126 Å². The highest BCUT2D eigenvalue weighted by Gasteiger charge is 2.09. The molecule has 0 aliphatic carbocycles. The van der Waals surface area contributed by atoms with E-state index in [4.69, 9.17) is 9.47 Å². The third kappa shape index (κ3) is 26.5. The minimum atomic E-state index is 0.0340. The standard InChI is InChI=1S/C28H55IO2/c1-3-5-7-18-22-26-30-28(31-27-23-19-8-6-4-2)24-20-16-14-12-10-9-11-13-15-17-21-25-29/h15,17,28H,3-14,16,18-27H2,1-2H3/b17-15-. The van der Waals surface area contributed by atoms with Crippen LogP contribution in [0.3, 0.4) is 0 Å². The monoisotopic (exact) mass is 550 g/mol. The van der Waals surface area contributed by atoms with Gasteiger partial charge in [-0.15, -0.1) is 0 Å². The molecule has 0 bridgehead atoms. The average molecular weight is 551 g/mol. The molecule has 0 radical (unpaired) electrons. The summed E-state index contributed by atoms with van der Waals surface area (Å²) in [5, 5.41) is 0. The molecule has 31 heavy (non-hydrogen) atoms. The Bertz CT molecular complexity index is 330. The molecule has 0 fully saturated rings. The Morgan fingerprint density at radius 3 is 1.55 bits per heavy atom. The molecule has 0 rings (SSSR count). The highest BCUT2D eigenvalue weighted by Crippen LogP contribution is 2.14. The van der Waals surface area contributed by atoms with Gasteiger partial charge in [0.1, 0.15) is 0 Å². The van der Waals surface area contributed by atoms with Gasteiger partial charge in [-0.25, -0.2) is 0 Å². The molecule has 0 spiro atoms. The van der Waals surface area contributed by atoms with Crippen LogP contribution in [0.2, 0.25) is 0 Å². The summed E-state index contributed by atoms with van der Waals surface area (Å²) >= 11 is 2.44. The molecule has 0 aromatic rings. The molecule has 0 N–H and O–H groups in total. The molecule has 0 heterocycles. The molecule has 0 unspecified atom stereocenters. The molecule has 0 saturated carbocycles. The summed E-state index contributed by atoms with van der Waals surface area (Å²) in [5.74, 6) is 0. The van der Waals surface area contributed by atoms with Gasteiger partial charge in [-0.1, -0.05) is 132 Å². The molecule has 0 aliphatic heterocycles. The molecule has 0 amide bonds. The van der Waals surface area contributed by atoms with Crippen LogP contribution < -0.4 is 0 Å². The average Bonchev–Trinajstić information content (AvgIpc) is 2.78. The van der Waals surface area contributed by atoms with Crippen LogP contribution in [-0.2, 0) is 9.47 Å². The maximum atomic E-state index is 6.12.